The molecule has 0 amide bonds. The van der Waals surface area contributed by atoms with Gasteiger partial charge in [0.2, 0.25) is 0 Å². The molecule has 92 valence electrons. The van der Waals surface area contributed by atoms with Crippen LogP contribution in [0.1, 0.15) is 24.3 Å². The van der Waals surface area contributed by atoms with E-state index in [0.29, 0.717) is 16.5 Å². The zero-order valence-electron chi connectivity index (χ0n) is 9.41. The van der Waals surface area contributed by atoms with E-state index in [1.807, 2.05) is 11.9 Å². The largest absolute Gasteiger partial charge is 0.481 e. The topological polar surface area (TPSA) is 40.5 Å². The van der Waals surface area contributed by atoms with Crippen molar-refractivity contribution in [3.63, 3.8) is 0 Å². The summed E-state index contributed by atoms with van der Waals surface area (Å²) in [5.41, 5.74) is 1.51. The molecule has 0 aliphatic carbocycles. The number of rotatable bonds is 1. The van der Waals surface area contributed by atoms with Crippen molar-refractivity contribution in [1.29, 1.82) is 0 Å². The first-order valence-corrected chi connectivity index (χ1v) is 6.19. The van der Waals surface area contributed by atoms with Crippen LogP contribution in [0.15, 0.2) is 12.1 Å². The highest BCUT2D eigenvalue weighted by molar-refractivity contribution is 6.43. The van der Waals surface area contributed by atoms with Crippen molar-refractivity contribution in [3.05, 3.63) is 27.7 Å². The number of fused-ring (bicyclic) bond motifs is 1. The number of hydrogen-bond acceptors (Lipinski definition) is 2. The summed E-state index contributed by atoms with van der Waals surface area (Å²) in [6.45, 7) is 0.789. The first-order chi connectivity index (χ1) is 8.02. The summed E-state index contributed by atoms with van der Waals surface area (Å²) in [4.78, 5) is 13.3. The number of halogens is 2. The Morgan fingerprint density at radius 2 is 2.18 bits per heavy atom. The van der Waals surface area contributed by atoms with Crippen molar-refractivity contribution in [1.82, 2.24) is 0 Å². The molecular weight excluding hydrogens is 261 g/mol. The average Bonchev–Trinajstić information content (AvgIpc) is 2.43. The molecule has 3 nitrogen and oxygen atoms in total. The van der Waals surface area contributed by atoms with Gasteiger partial charge in [-0.15, -0.1) is 0 Å². The van der Waals surface area contributed by atoms with Crippen LogP contribution in [-0.2, 0) is 4.79 Å². The van der Waals surface area contributed by atoms with Gasteiger partial charge in [-0.2, -0.15) is 0 Å². The summed E-state index contributed by atoms with van der Waals surface area (Å²) in [6.07, 6.45) is 1.46. The SMILES string of the molecule is CN1CCCC(C(=O)O)c2ccc(Cl)c(Cl)c21. The fourth-order valence-corrected chi connectivity index (χ4v) is 2.75. The van der Waals surface area contributed by atoms with Crippen LogP contribution in [0.3, 0.4) is 0 Å². The standard InChI is InChI=1S/C12H13Cl2NO2/c1-15-6-2-3-8(12(16)17)7-4-5-9(13)10(14)11(7)15/h4-5,8H,2-3,6H2,1H3,(H,16,17). The Labute approximate surface area is 110 Å². The second-order valence-corrected chi connectivity index (χ2v) is 5.04. The van der Waals surface area contributed by atoms with E-state index in [0.717, 1.165) is 24.2 Å². The summed E-state index contributed by atoms with van der Waals surface area (Å²) < 4.78 is 0. The van der Waals surface area contributed by atoms with Crippen molar-refractivity contribution in [2.45, 2.75) is 18.8 Å². The molecule has 0 saturated carbocycles. The molecule has 0 aromatic heterocycles. The number of anilines is 1. The lowest BCUT2D eigenvalue weighted by Gasteiger charge is -2.22. The van der Waals surface area contributed by atoms with Gasteiger partial charge in [-0.05, 0) is 24.5 Å². The zero-order valence-corrected chi connectivity index (χ0v) is 10.9. The molecule has 0 fully saturated rings. The lowest BCUT2D eigenvalue weighted by Crippen LogP contribution is -2.18. The Morgan fingerprint density at radius 1 is 1.47 bits per heavy atom. The van der Waals surface area contributed by atoms with Crippen LogP contribution in [0.4, 0.5) is 5.69 Å². The molecule has 0 radical (unpaired) electrons. The van der Waals surface area contributed by atoms with E-state index < -0.39 is 11.9 Å². The number of nitrogens with zero attached hydrogens (tertiary/aromatic N) is 1. The van der Waals surface area contributed by atoms with E-state index in [1.165, 1.54) is 0 Å². The van der Waals surface area contributed by atoms with Gasteiger partial charge in [-0.3, -0.25) is 4.79 Å². The summed E-state index contributed by atoms with van der Waals surface area (Å²) in [5, 5.41) is 10.2. The van der Waals surface area contributed by atoms with Gasteiger partial charge in [0, 0.05) is 13.6 Å². The average molecular weight is 274 g/mol. The fraction of sp³-hybridized carbons (Fsp3) is 0.417. The smallest absolute Gasteiger partial charge is 0.311 e. The monoisotopic (exact) mass is 273 g/mol. The number of carboxylic acids is 1. The molecule has 1 N–H and O–H groups in total. The molecule has 17 heavy (non-hydrogen) atoms. The Morgan fingerprint density at radius 3 is 2.82 bits per heavy atom. The van der Waals surface area contributed by atoms with Gasteiger partial charge < -0.3 is 10.0 Å². The van der Waals surface area contributed by atoms with E-state index in [2.05, 4.69) is 0 Å². The summed E-state index contributed by atoms with van der Waals surface area (Å²) in [6, 6.07) is 3.43. The molecular formula is C12H13Cl2NO2. The molecule has 0 spiro atoms. The second-order valence-electron chi connectivity index (χ2n) is 4.25. The second kappa shape index (κ2) is 4.75. The van der Waals surface area contributed by atoms with Crippen molar-refractivity contribution < 1.29 is 9.90 Å². The molecule has 1 aromatic rings. The van der Waals surface area contributed by atoms with E-state index in [4.69, 9.17) is 23.2 Å². The molecule has 1 aliphatic rings. The van der Waals surface area contributed by atoms with Crippen LogP contribution in [0, 0.1) is 0 Å². The normalized spacial score (nSPS) is 19.7. The Hall–Kier alpha value is -0.930. The van der Waals surface area contributed by atoms with Gasteiger partial charge in [-0.25, -0.2) is 0 Å². The van der Waals surface area contributed by atoms with Gasteiger partial charge in [-0.1, -0.05) is 29.3 Å². The summed E-state index contributed by atoms with van der Waals surface area (Å²) in [5.74, 6) is -1.30. The quantitative estimate of drug-likeness (QED) is 0.853. The number of carbonyl (C=O) groups is 1. The van der Waals surface area contributed by atoms with Gasteiger partial charge in [0.1, 0.15) is 0 Å². The molecule has 1 aromatic carbocycles. The highest BCUT2D eigenvalue weighted by atomic mass is 35.5. The molecule has 5 heteroatoms. The Kier molecular flexibility index (Phi) is 3.50. The van der Waals surface area contributed by atoms with Crippen LogP contribution in [0.25, 0.3) is 0 Å². The zero-order chi connectivity index (χ0) is 12.6. The molecule has 1 heterocycles. The van der Waals surface area contributed by atoms with Crippen LogP contribution in [-0.4, -0.2) is 24.7 Å². The maximum absolute atomic E-state index is 11.3. The third-order valence-corrected chi connectivity index (χ3v) is 3.94. The summed E-state index contributed by atoms with van der Waals surface area (Å²) in [7, 11) is 1.91. The Bertz CT molecular complexity index is 462. The lowest BCUT2D eigenvalue weighted by molar-refractivity contribution is -0.138. The highest BCUT2D eigenvalue weighted by Gasteiger charge is 2.28. The van der Waals surface area contributed by atoms with Crippen molar-refractivity contribution in [2.75, 3.05) is 18.5 Å². The molecule has 0 bridgehead atoms. The Balaban J connectivity index is 2.61. The third-order valence-electron chi connectivity index (χ3n) is 3.14. The molecule has 0 saturated heterocycles. The number of carboxylic acid groups (broad SMARTS) is 1. The molecule has 1 atom stereocenters. The highest BCUT2D eigenvalue weighted by Crippen LogP contribution is 2.41. The minimum absolute atomic E-state index is 0.444. The molecule has 2 rings (SSSR count). The predicted octanol–water partition coefficient (Wildman–Crippen LogP) is 3.39. The first kappa shape index (κ1) is 12.5. The van der Waals surface area contributed by atoms with E-state index in [1.54, 1.807) is 12.1 Å². The molecule has 1 aliphatic heterocycles. The van der Waals surface area contributed by atoms with E-state index >= 15 is 0 Å². The van der Waals surface area contributed by atoms with Crippen LogP contribution in [0.2, 0.25) is 10.0 Å². The maximum atomic E-state index is 11.3. The predicted molar refractivity (Wildman–Crippen MR) is 69.3 cm³/mol. The number of aliphatic carboxylic acids is 1. The lowest BCUT2D eigenvalue weighted by atomic mass is 9.94. The van der Waals surface area contributed by atoms with E-state index in [9.17, 15) is 9.90 Å². The van der Waals surface area contributed by atoms with Crippen LogP contribution >= 0.6 is 23.2 Å². The van der Waals surface area contributed by atoms with Crippen LogP contribution < -0.4 is 4.90 Å². The minimum atomic E-state index is -0.806. The molecule has 1 unspecified atom stereocenters. The number of hydrogen-bond donors (Lipinski definition) is 1. The first-order valence-electron chi connectivity index (χ1n) is 5.44. The van der Waals surface area contributed by atoms with Crippen molar-refractivity contribution in [2.24, 2.45) is 0 Å². The van der Waals surface area contributed by atoms with Gasteiger partial charge in [0.25, 0.3) is 0 Å². The van der Waals surface area contributed by atoms with Crippen molar-refractivity contribution >= 4 is 34.9 Å². The fourth-order valence-electron chi connectivity index (χ4n) is 2.28. The van der Waals surface area contributed by atoms with Crippen LogP contribution in [0.5, 0.6) is 0 Å². The summed E-state index contributed by atoms with van der Waals surface area (Å²) >= 11 is 12.2. The maximum Gasteiger partial charge on any atom is 0.311 e. The minimum Gasteiger partial charge on any atom is -0.481 e. The third kappa shape index (κ3) is 2.22. The van der Waals surface area contributed by atoms with Gasteiger partial charge in [0.05, 0.1) is 21.7 Å². The number of benzene rings is 1. The van der Waals surface area contributed by atoms with Gasteiger partial charge >= 0.3 is 5.97 Å². The van der Waals surface area contributed by atoms with Gasteiger partial charge in [0.15, 0.2) is 0 Å². The van der Waals surface area contributed by atoms with E-state index in [-0.39, 0.29) is 0 Å². The van der Waals surface area contributed by atoms with Crippen molar-refractivity contribution in [3.8, 4) is 0 Å².